The van der Waals surface area contributed by atoms with Crippen molar-refractivity contribution >= 4 is 17.3 Å². The largest absolute Gasteiger partial charge is 0.368 e. The first-order chi connectivity index (χ1) is 16.8. The van der Waals surface area contributed by atoms with E-state index in [1.165, 1.54) is 6.20 Å². The zero-order valence-corrected chi connectivity index (χ0v) is 18.6. The van der Waals surface area contributed by atoms with E-state index in [0.29, 0.717) is 24.5 Å². The zero-order chi connectivity index (χ0) is 25.1. The Morgan fingerprint density at radius 3 is 2.60 bits per heavy atom. The number of nitrogens with two attached hydrogens (primary N) is 1. The van der Waals surface area contributed by atoms with Gasteiger partial charge in [-0.3, -0.25) is 9.78 Å². The van der Waals surface area contributed by atoms with Crippen LogP contribution in [-0.4, -0.2) is 41.0 Å². The van der Waals surface area contributed by atoms with Crippen LogP contribution in [0.2, 0.25) is 0 Å². The van der Waals surface area contributed by atoms with Crippen LogP contribution in [0.15, 0.2) is 53.9 Å². The Morgan fingerprint density at radius 2 is 1.91 bits per heavy atom. The molecule has 0 spiro atoms. The molecule has 3 aromatic rings. The van der Waals surface area contributed by atoms with Gasteiger partial charge < -0.3 is 16.0 Å². The van der Waals surface area contributed by atoms with Crippen LogP contribution in [0.4, 0.5) is 24.5 Å². The van der Waals surface area contributed by atoms with Crippen LogP contribution >= 0.6 is 0 Å². The number of carbonyl (C=O) groups is 1. The van der Waals surface area contributed by atoms with Crippen molar-refractivity contribution in [3.8, 4) is 11.3 Å². The monoisotopic (exact) mass is 482 g/mol. The maximum Gasteiger partial charge on any atom is 0.274 e. The summed E-state index contributed by atoms with van der Waals surface area (Å²) in [6, 6.07) is 6.05. The Bertz CT molecular complexity index is 1280. The van der Waals surface area contributed by atoms with Gasteiger partial charge in [-0.05, 0) is 41.8 Å². The average Bonchev–Trinajstić information content (AvgIpc) is 2.82. The maximum atomic E-state index is 14.4. The predicted molar refractivity (Wildman–Crippen MR) is 124 cm³/mol. The first-order valence-electron chi connectivity index (χ1n) is 10.7. The van der Waals surface area contributed by atoms with Gasteiger partial charge in [-0.2, -0.15) is 0 Å². The predicted octanol–water partition coefficient (Wildman–Crippen LogP) is 4.28. The number of halogens is 3. The molecule has 12 heteroatoms. The number of aromatic nitrogens is 2. The number of azide groups is 1. The van der Waals surface area contributed by atoms with Crippen LogP contribution in [0.3, 0.4) is 0 Å². The van der Waals surface area contributed by atoms with Crippen molar-refractivity contribution in [1.29, 1.82) is 0 Å². The van der Waals surface area contributed by atoms with E-state index in [1.807, 2.05) is 11.8 Å². The number of piperidine rings is 1. The second kappa shape index (κ2) is 10.00. The Morgan fingerprint density at radius 1 is 1.17 bits per heavy atom. The summed E-state index contributed by atoms with van der Waals surface area (Å²) < 4.78 is 42.8. The third kappa shape index (κ3) is 4.88. The highest BCUT2D eigenvalue weighted by Gasteiger charge is 2.33. The number of pyridine rings is 2. The fraction of sp³-hybridized carbons (Fsp3) is 0.261. The minimum Gasteiger partial charge on any atom is -0.368 e. The molecule has 0 radical (unpaired) electrons. The molecule has 0 bridgehead atoms. The molecule has 180 valence electrons. The van der Waals surface area contributed by atoms with Crippen LogP contribution in [0, 0.1) is 23.4 Å². The normalized spacial score (nSPS) is 19.7. The number of rotatable bonds is 5. The molecule has 0 aliphatic carbocycles. The molecule has 0 saturated carbocycles. The Balaban J connectivity index is 1.61. The SMILES string of the molecule is C[C@H]1CN(c2ccncc2NC(=O)c2ccc(F)c(-c3c(F)cccc3F)n2)C[C@@H](N)C1N=[N+]=[N-]. The summed E-state index contributed by atoms with van der Waals surface area (Å²) in [5.41, 5.74) is 14.5. The molecule has 9 nitrogen and oxygen atoms in total. The zero-order valence-electron chi connectivity index (χ0n) is 18.6. The highest BCUT2D eigenvalue weighted by molar-refractivity contribution is 6.04. The molecule has 1 saturated heterocycles. The molecular formula is C23H21F3N8O. The lowest BCUT2D eigenvalue weighted by Gasteiger charge is -2.40. The molecule has 1 aromatic carbocycles. The summed E-state index contributed by atoms with van der Waals surface area (Å²) in [5, 5.41) is 6.47. The lowest BCUT2D eigenvalue weighted by Crippen LogP contribution is -2.55. The molecular weight excluding hydrogens is 461 g/mol. The number of carbonyl (C=O) groups excluding carboxylic acids is 1. The molecule has 1 fully saturated rings. The van der Waals surface area contributed by atoms with Crippen molar-refractivity contribution < 1.29 is 18.0 Å². The van der Waals surface area contributed by atoms with E-state index in [2.05, 4.69) is 25.3 Å². The second-order valence-electron chi connectivity index (χ2n) is 8.21. The van der Waals surface area contributed by atoms with E-state index >= 15 is 0 Å². The Labute approximate surface area is 198 Å². The van der Waals surface area contributed by atoms with E-state index in [4.69, 9.17) is 11.3 Å². The number of hydrogen-bond acceptors (Lipinski definition) is 6. The van der Waals surface area contributed by atoms with Gasteiger partial charge in [-0.25, -0.2) is 18.2 Å². The average molecular weight is 482 g/mol. The lowest BCUT2D eigenvalue weighted by atomic mass is 9.90. The molecule has 3 N–H and O–H groups in total. The van der Waals surface area contributed by atoms with Gasteiger partial charge in [0.25, 0.3) is 5.91 Å². The van der Waals surface area contributed by atoms with E-state index in [1.54, 1.807) is 12.3 Å². The van der Waals surface area contributed by atoms with Crippen molar-refractivity contribution in [2.45, 2.75) is 19.0 Å². The quantitative estimate of drug-likeness (QED) is 0.318. The molecule has 3 heterocycles. The number of benzene rings is 1. The van der Waals surface area contributed by atoms with E-state index < -0.39 is 40.7 Å². The molecule has 1 aliphatic rings. The standard InChI is InChI=1S/C23H21F3N8O/c1-12-10-34(11-16(27)21(12)32-33-28)19-7-8-29-9-18(19)31-23(35)17-6-5-15(26)22(30-17)20-13(24)3-2-4-14(20)25/h2-9,12,16,21H,10-11,27H2,1H3,(H,31,35)/t12-,16+,21?/m0/s1. The van der Waals surface area contributed by atoms with Gasteiger partial charge in [0.2, 0.25) is 0 Å². The Hall–Kier alpha value is -4.15. The van der Waals surface area contributed by atoms with E-state index in [9.17, 15) is 18.0 Å². The molecule has 1 unspecified atom stereocenters. The molecule has 35 heavy (non-hydrogen) atoms. The van der Waals surface area contributed by atoms with Crippen molar-refractivity contribution in [2.24, 2.45) is 16.8 Å². The van der Waals surface area contributed by atoms with Gasteiger partial charge in [-0.15, -0.1) is 0 Å². The van der Waals surface area contributed by atoms with Gasteiger partial charge >= 0.3 is 0 Å². The van der Waals surface area contributed by atoms with Crippen LogP contribution in [-0.2, 0) is 0 Å². The lowest BCUT2D eigenvalue weighted by molar-refractivity contribution is 0.102. The van der Waals surface area contributed by atoms with Crippen LogP contribution < -0.4 is 16.0 Å². The summed E-state index contributed by atoms with van der Waals surface area (Å²) in [4.78, 5) is 25.7. The third-order valence-electron chi connectivity index (χ3n) is 5.81. The highest BCUT2D eigenvalue weighted by atomic mass is 19.1. The minimum atomic E-state index is -1.00. The summed E-state index contributed by atoms with van der Waals surface area (Å²) in [7, 11) is 0. The molecule has 3 atom stereocenters. The van der Waals surface area contributed by atoms with Crippen LogP contribution in [0.25, 0.3) is 21.7 Å². The van der Waals surface area contributed by atoms with Crippen LogP contribution in [0.5, 0.6) is 0 Å². The second-order valence-corrected chi connectivity index (χ2v) is 8.21. The first kappa shape index (κ1) is 24.0. The number of anilines is 2. The van der Waals surface area contributed by atoms with Crippen LogP contribution in [0.1, 0.15) is 17.4 Å². The van der Waals surface area contributed by atoms with Gasteiger partial charge in [0.1, 0.15) is 28.8 Å². The molecule has 4 rings (SSSR count). The summed E-state index contributed by atoms with van der Waals surface area (Å²) >= 11 is 0. The Kier molecular flexibility index (Phi) is 6.85. The van der Waals surface area contributed by atoms with Gasteiger partial charge in [0, 0.05) is 30.2 Å². The summed E-state index contributed by atoms with van der Waals surface area (Å²) in [6.45, 7) is 2.79. The first-order valence-corrected chi connectivity index (χ1v) is 10.7. The minimum absolute atomic E-state index is 0.0524. The number of amides is 1. The summed E-state index contributed by atoms with van der Waals surface area (Å²) in [6.07, 6.45) is 2.99. The fourth-order valence-corrected chi connectivity index (χ4v) is 4.18. The number of nitrogens with one attached hydrogen (secondary N) is 1. The van der Waals surface area contributed by atoms with E-state index in [-0.39, 0.29) is 17.7 Å². The highest BCUT2D eigenvalue weighted by Crippen LogP contribution is 2.31. The molecule has 2 aromatic heterocycles. The maximum absolute atomic E-state index is 14.4. The van der Waals surface area contributed by atoms with E-state index in [0.717, 1.165) is 30.3 Å². The number of hydrogen-bond donors (Lipinski definition) is 2. The number of nitrogens with zero attached hydrogens (tertiary/aromatic N) is 6. The van der Waals surface area contributed by atoms with Crippen molar-refractivity contribution in [2.75, 3.05) is 23.3 Å². The smallest absolute Gasteiger partial charge is 0.274 e. The molecule has 1 amide bonds. The van der Waals surface area contributed by atoms with Crippen molar-refractivity contribution in [1.82, 2.24) is 9.97 Å². The van der Waals surface area contributed by atoms with Crippen molar-refractivity contribution in [3.05, 3.63) is 82.4 Å². The van der Waals surface area contributed by atoms with Crippen molar-refractivity contribution in [3.63, 3.8) is 0 Å². The van der Waals surface area contributed by atoms with Gasteiger partial charge in [0.05, 0.1) is 29.2 Å². The molecule has 1 aliphatic heterocycles. The fourth-order valence-electron chi connectivity index (χ4n) is 4.18. The van der Waals surface area contributed by atoms with Gasteiger partial charge in [-0.1, -0.05) is 18.1 Å². The topological polar surface area (TPSA) is 133 Å². The van der Waals surface area contributed by atoms with Gasteiger partial charge in [0.15, 0.2) is 0 Å². The third-order valence-corrected chi connectivity index (χ3v) is 5.81. The summed E-state index contributed by atoms with van der Waals surface area (Å²) in [5.74, 6) is -3.75.